The fraction of sp³-hybridized carbons (Fsp3) is 0.0645. The molecule has 0 amide bonds. The quantitative estimate of drug-likeness (QED) is 0.173. The maximum absolute atomic E-state index is 7.57. The van der Waals surface area contributed by atoms with Gasteiger partial charge in [-0.15, -0.1) is 65.4 Å². The van der Waals surface area contributed by atoms with Crippen molar-refractivity contribution in [3.8, 4) is 22.5 Å². The summed E-state index contributed by atoms with van der Waals surface area (Å²) in [6, 6.07) is 31.2. The van der Waals surface area contributed by atoms with E-state index in [0.717, 1.165) is 43.4 Å². The summed E-state index contributed by atoms with van der Waals surface area (Å²) < 4.78 is 29.8. The number of aromatic nitrogens is 3. The van der Waals surface area contributed by atoms with E-state index < -0.39 is 6.85 Å². The van der Waals surface area contributed by atoms with Gasteiger partial charge in [-0.25, -0.2) is 4.98 Å². The Morgan fingerprint density at radius 1 is 0.892 bits per heavy atom. The third-order valence-corrected chi connectivity index (χ3v) is 6.82. The molecule has 0 aliphatic heterocycles. The van der Waals surface area contributed by atoms with Crippen LogP contribution in [-0.2, 0) is 20.1 Å². The van der Waals surface area contributed by atoms with E-state index in [-0.39, 0.29) is 25.8 Å². The topological polar surface area (TPSA) is 51.8 Å². The van der Waals surface area contributed by atoms with Crippen LogP contribution < -0.4 is 0 Å². The summed E-state index contributed by atoms with van der Waals surface area (Å²) in [4.78, 5) is 14.2. The molecular weight excluding hydrogens is 655 g/mol. The van der Waals surface area contributed by atoms with Crippen molar-refractivity contribution < 1.29 is 28.6 Å². The van der Waals surface area contributed by atoms with Crippen LogP contribution in [0.2, 0.25) is 0 Å². The van der Waals surface area contributed by atoms with Gasteiger partial charge in [-0.3, -0.25) is 0 Å². The fourth-order valence-electron chi connectivity index (χ4n) is 4.14. The fourth-order valence-corrected chi connectivity index (χ4v) is 5.15. The van der Waals surface area contributed by atoms with Crippen molar-refractivity contribution in [1.82, 2.24) is 15.0 Å². The molecule has 0 unspecified atom stereocenters. The van der Waals surface area contributed by atoms with Gasteiger partial charge in [0.25, 0.3) is 0 Å². The van der Waals surface area contributed by atoms with Crippen molar-refractivity contribution in [1.29, 1.82) is 0 Å². The van der Waals surface area contributed by atoms with Gasteiger partial charge in [-0.05, 0) is 55.2 Å². The molecular formula is C31H21IrN3OS-2. The molecule has 2 aromatic carbocycles. The van der Waals surface area contributed by atoms with Crippen LogP contribution in [-0.4, -0.2) is 15.0 Å². The van der Waals surface area contributed by atoms with E-state index in [2.05, 4.69) is 40.1 Å². The van der Waals surface area contributed by atoms with Crippen LogP contribution in [0.4, 0.5) is 0 Å². The van der Waals surface area contributed by atoms with Crippen LogP contribution in [0.1, 0.15) is 14.7 Å². The predicted molar refractivity (Wildman–Crippen MR) is 147 cm³/mol. The summed E-state index contributed by atoms with van der Waals surface area (Å²) in [5.41, 5.74) is 4.53. The molecule has 0 N–H and O–H groups in total. The Morgan fingerprint density at radius 2 is 1.81 bits per heavy atom. The van der Waals surface area contributed by atoms with Crippen LogP contribution in [0, 0.1) is 25.9 Å². The van der Waals surface area contributed by atoms with Crippen molar-refractivity contribution >= 4 is 43.5 Å². The van der Waals surface area contributed by atoms with Gasteiger partial charge in [-0.2, -0.15) is 0 Å². The zero-order chi connectivity index (χ0) is 27.0. The van der Waals surface area contributed by atoms with E-state index >= 15 is 0 Å². The number of hydrogen-bond donors (Lipinski definition) is 0. The van der Waals surface area contributed by atoms with Crippen LogP contribution in [0.3, 0.4) is 0 Å². The predicted octanol–water partition coefficient (Wildman–Crippen LogP) is 8.22. The van der Waals surface area contributed by atoms with Gasteiger partial charge in [0.2, 0.25) is 5.71 Å². The molecule has 0 aliphatic rings. The second kappa shape index (κ2) is 10.7. The summed E-state index contributed by atoms with van der Waals surface area (Å²) >= 11 is 1.68. The number of furan rings is 1. The Labute approximate surface area is 236 Å². The minimum Gasteiger partial charge on any atom is -0.486 e. The number of aryl methyl sites for hydroxylation is 2. The standard InChI is InChI=1S/C20H13N2OS.C11H8N.Ir/c1-11-6-7-15-14-4-3-5-16(18(14)23-20(15)22-11)17-19-13(8-9-21-17)10-12(2)24-19;1-2-6-10(7-3-1)11-8-4-5-9-12-11;/h3-4,6-10H,1-2H3;1-6,8-9H;/q2*-1;/i1D3;;. The molecule has 0 aliphatic carbocycles. The molecule has 0 saturated carbocycles. The van der Waals surface area contributed by atoms with Gasteiger partial charge < -0.3 is 14.4 Å². The van der Waals surface area contributed by atoms with E-state index in [1.54, 1.807) is 29.8 Å². The Hall–Kier alpha value is -3.70. The van der Waals surface area contributed by atoms with E-state index in [4.69, 9.17) is 8.53 Å². The molecule has 5 aromatic heterocycles. The Bertz CT molecular complexity index is 1880. The molecule has 4 nitrogen and oxygen atoms in total. The number of pyridine rings is 3. The van der Waals surface area contributed by atoms with Gasteiger partial charge in [0.15, 0.2) is 0 Å². The van der Waals surface area contributed by atoms with Crippen molar-refractivity contribution in [2.24, 2.45) is 0 Å². The number of thiophene rings is 1. The number of benzene rings is 2. The SMILES string of the molecule is [2H]C([2H])([2H])c1ccc2c(n1)oc1c(-c3nccc4cc(C)sc34)[c-]ccc12.[Ir].[c-]1ccccc1-c1ccccn1. The molecule has 0 saturated heterocycles. The third-order valence-electron chi connectivity index (χ3n) is 5.74. The van der Waals surface area contributed by atoms with Crippen LogP contribution in [0.25, 0.3) is 54.7 Å². The van der Waals surface area contributed by atoms with Crippen LogP contribution in [0.5, 0.6) is 0 Å². The van der Waals surface area contributed by atoms with Crippen molar-refractivity contribution in [2.75, 3.05) is 0 Å². The van der Waals surface area contributed by atoms with E-state index in [9.17, 15) is 0 Å². The smallest absolute Gasteiger partial charge is 0.216 e. The molecule has 183 valence electrons. The molecule has 5 heterocycles. The van der Waals surface area contributed by atoms with E-state index in [1.165, 1.54) is 10.9 Å². The molecule has 0 fully saturated rings. The van der Waals surface area contributed by atoms with Gasteiger partial charge in [0.05, 0.1) is 5.58 Å². The second-order valence-electron chi connectivity index (χ2n) is 8.17. The molecule has 7 rings (SSSR count). The van der Waals surface area contributed by atoms with Gasteiger partial charge in [0.1, 0.15) is 0 Å². The average Bonchev–Trinajstić information content (AvgIpc) is 3.53. The molecule has 0 spiro atoms. The summed E-state index contributed by atoms with van der Waals surface area (Å²) in [7, 11) is 0. The first kappa shape index (κ1) is 21.4. The molecule has 0 bridgehead atoms. The zero-order valence-electron chi connectivity index (χ0n) is 22.7. The van der Waals surface area contributed by atoms with E-state index in [0.29, 0.717) is 11.3 Å². The minimum absolute atomic E-state index is 0. The van der Waals surface area contributed by atoms with Crippen LogP contribution in [0.15, 0.2) is 95.7 Å². The van der Waals surface area contributed by atoms with Gasteiger partial charge in [0, 0.05) is 63.0 Å². The summed E-state index contributed by atoms with van der Waals surface area (Å²) in [6.45, 7) is -0.204. The minimum atomic E-state index is -2.27. The summed E-state index contributed by atoms with van der Waals surface area (Å²) in [5.74, 6) is 0. The number of hydrogen-bond acceptors (Lipinski definition) is 5. The number of fused-ring (bicyclic) bond motifs is 4. The third kappa shape index (κ3) is 4.96. The Morgan fingerprint density at radius 3 is 2.62 bits per heavy atom. The van der Waals surface area contributed by atoms with Crippen molar-refractivity contribution in [3.63, 3.8) is 0 Å². The Balaban J connectivity index is 0.000000209. The van der Waals surface area contributed by atoms with Crippen molar-refractivity contribution in [3.05, 3.63) is 114 Å². The largest absolute Gasteiger partial charge is 0.486 e. The van der Waals surface area contributed by atoms with Crippen LogP contribution >= 0.6 is 11.3 Å². The second-order valence-corrected chi connectivity index (χ2v) is 9.43. The van der Waals surface area contributed by atoms with Gasteiger partial charge >= 0.3 is 0 Å². The number of nitrogens with zero attached hydrogens (tertiary/aromatic N) is 3. The first-order valence-electron chi connectivity index (χ1n) is 12.9. The zero-order valence-corrected chi connectivity index (χ0v) is 22.9. The first-order valence-corrected chi connectivity index (χ1v) is 12.2. The molecule has 37 heavy (non-hydrogen) atoms. The first-order chi connectivity index (χ1) is 18.9. The van der Waals surface area contributed by atoms with E-state index in [1.807, 2.05) is 60.7 Å². The number of rotatable bonds is 2. The van der Waals surface area contributed by atoms with Crippen molar-refractivity contribution in [2.45, 2.75) is 13.8 Å². The normalized spacial score (nSPS) is 12.3. The average molecular weight is 679 g/mol. The summed E-state index contributed by atoms with van der Waals surface area (Å²) in [6.07, 6.45) is 3.57. The monoisotopic (exact) mass is 679 g/mol. The maximum atomic E-state index is 7.57. The maximum Gasteiger partial charge on any atom is 0.216 e. The van der Waals surface area contributed by atoms with Gasteiger partial charge in [-0.1, -0.05) is 23.1 Å². The Kier molecular flexibility index (Phi) is 6.20. The molecule has 7 aromatic rings. The molecule has 1 radical (unpaired) electrons. The summed E-state index contributed by atoms with van der Waals surface area (Å²) in [5, 5.41) is 2.78. The molecule has 0 atom stereocenters. The molecule has 6 heteroatoms.